The van der Waals surface area contributed by atoms with Gasteiger partial charge in [0.2, 0.25) is 0 Å². The number of benzene rings is 2. The molecule has 0 amide bonds. The van der Waals surface area contributed by atoms with E-state index in [2.05, 4.69) is 4.98 Å². The largest absolute Gasteiger partial charge is 0.383 e. The van der Waals surface area contributed by atoms with Crippen LogP contribution < -0.4 is 5.73 Å². The van der Waals surface area contributed by atoms with Gasteiger partial charge in [-0.2, -0.15) is 10.5 Å². The zero-order valence-electron chi connectivity index (χ0n) is 13.5. The normalized spacial score (nSPS) is 11.3. The van der Waals surface area contributed by atoms with E-state index < -0.39 is 17.5 Å². The average Bonchev–Trinajstić information content (AvgIpc) is 2.67. The summed E-state index contributed by atoms with van der Waals surface area (Å²) in [6, 6.07) is 18.4. The molecule has 0 bridgehead atoms. The lowest BCUT2D eigenvalue weighted by molar-refractivity contribution is 0.0846. The Morgan fingerprint density at radius 1 is 0.962 bits per heavy atom. The van der Waals surface area contributed by atoms with Crippen LogP contribution in [0.2, 0.25) is 0 Å². The standard InChI is InChI=1S/C20H12N4O2/c21-10-14-17(13-8-4-5-9-16(13)24-20(14)23)19(26)15(11-22)18(25)12-6-2-1-3-7-12/h1-9,15H,(H2,23,24). The molecule has 0 fully saturated rings. The van der Waals surface area contributed by atoms with Crippen molar-refractivity contribution in [2.75, 3.05) is 5.73 Å². The molecule has 0 aliphatic rings. The molecule has 0 spiro atoms. The molecular formula is C20H12N4O2. The first-order valence-corrected chi connectivity index (χ1v) is 7.70. The fourth-order valence-corrected chi connectivity index (χ4v) is 2.75. The number of ketones is 2. The van der Waals surface area contributed by atoms with E-state index in [1.807, 2.05) is 6.07 Å². The Hall–Kier alpha value is -4.03. The number of aromatic nitrogens is 1. The summed E-state index contributed by atoms with van der Waals surface area (Å²) in [5, 5.41) is 19.3. The number of rotatable bonds is 4. The van der Waals surface area contributed by atoms with Gasteiger partial charge in [0, 0.05) is 10.9 Å². The summed E-state index contributed by atoms with van der Waals surface area (Å²) in [6.45, 7) is 0. The van der Waals surface area contributed by atoms with Crippen molar-refractivity contribution < 1.29 is 9.59 Å². The number of pyridine rings is 1. The van der Waals surface area contributed by atoms with Crippen molar-refractivity contribution in [2.45, 2.75) is 0 Å². The summed E-state index contributed by atoms with van der Waals surface area (Å²) >= 11 is 0. The lowest BCUT2D eigenvalue weighted by Crippen LogP contribution is -2.24. The quantitative estimate of drug-likeness (QED) is 0.576. The number of nitriles is 2. The number of carbonyl (C=O) groups excluding carboxylic acids is 2. The van der Waals surface area contributed by atoms with Gasteiger partial charge in [-0.3, -0.25) is 9.59 Å². The van der Waals surface area contributed by atoms with Gasteiger partial charge in [-0.15, -0.1) is 0 Å². The van der Waals surface area contributed by atoms with Crippen LogP contribution in [-0.2, 0) is 0 Å². The van der Waals surface area contributed by atoms with Crippen molar-refractivity contribution >= 4 is 28.3 Å². The maximum absolute atomic E-state index is 13.1. The molecule has 0 saturated heterocycles. The van der Waals surface area contributed by atoms with E-state index in [-0.39, 0.29) is 22.5 Å². The zero-order chi connectivity index (χ0) is 18.7. The molecule has 1 unspecified atom stereocenters. The van der Waals surface area contributed by atoms with Crippen molar-refractivity contribution in [3.05, 3.63) is 71.3 Å². The highest BCUT2D eigenvalue weighted by Crippen LogP contribution is 2.28. The van der Waals surface area contributed by atoms with E-state index >= 15 is 0 Å². The summed E-state index contributed by atoms with van der Waals surface area (Å²) in [5.41, 5.74) is 6.29. The van der Waals surface area contributed by atoms with Gasteiger partial charge in [0.25, 0.3) is 0 Å². The SMILES string of the molecule is N#Cc1c(N)nc2ccccc2c1C(=O)C(C#N)C(=O)c1ccccc1. The Morgan fingerprint density at radius 2 is 1.62 bits per heavy atom. The molecule has 124 valence electrons. The van der Waals surface area contributed by atoms with Crippen LogP contribution in [0.25, 0.3) is 10.9 Å². The predicted molar refractivity (Wildman–Crippen MR) is 95.1 cm³/mol. The van der Waals surface area contributed by atoms with Gasteiger partial charge in [-0.1, -0.05) is 48.5 Å². The van der Waals surface area contributed by atoms with Crippen LogP contribution >= 0.6 is 0 Å². The molecule has 3 rings (SSSR count). The molecule has 1 atom stereocenters. The second kappa shape index (κ2) is 6.84. The maximum Gasteiger partial charge on any atom is 0.190 e. The van der Waals surface area contributed by atoms with Crippen LogP contribution in [0.15, 0.2) is 54.6 Å². The van der Waals surface area contributed by atoms with Gasteiger partial charge in [0.05, 0.1) is 17.1 Å². The maximum atomic E-state index is 13.1. The molecule has 6 nitrogen and oxygen atoms in total. The van der Waals surface area contributed by atoms with Gasteiger partial charge in [0.1, 0.15) is 17.5 Å². The Morgan fingerprint density at radius 3 is 2.27 bits per heavy atom. The fourth-order valence-electron chi connectivity index (χ4n) is 2.75. The summed E-state index contributed by atoms with van der Waals surface area (Å²) in [6.07, 6.45) is 0. The molecule has 3 aromatic rings. The smallest absolute Gasteiger partial charge is 0.190 e. The van der Waals surface area contributed by atoms with Crippen molar-refractivity contribution in [1.82, 2.24) is 4.98 Å². The summed E-state index contributed by atoms with van der Waals surface area (Å²) in [5.74, 6) is -3.07. The fraction of sp³-hybridized carbons (Fsp3) is 0.0500. The first-order valence-electron chi connectivity index (χ1n) is 7.70. The lowest BCUT2D eigenvalue weighted by Gasteiger charge is -2.12. The minimum absolute atomic E-state index is 0.0496. The Kier molecular flexibility index (Phi) is 4.42. The highest BCUT2D eigenvalue weighted by Gasteiger charge is 2.32. The second-order valence-electron chi connectivity index (χ2n) is 5.53. The number of hydrogen-bond donors (Lipinski definition) is 1. The molecule has 0 aliphatic carbocycles. The molecular weight excluding hydrogens is 328 g/mol. The molecule has 2 N–H and O–H groups in total. The van der Waals surface area contributed by atoms with E-state index in [9.17, 15) is 20.1 Å². The number of fused-ring (bicyclic) bond motifs is 1. The van der Waals surface area contributed by atoms with Crippen molar-refractivity contribution in [3.8, 4) is 12.1 Å². The number of nitrogens with two attached hydrogens (primary N) is 1. The second-order valence-corrected chi connectivity index (χ2v) is 5.53. The topological polar surface area (TPSA) is 121 Å². The summed E-state index contributed by atoms with van der Waals surface area (Å²) < 4.78 is 0. The minimum atomic E-state index is -1.57. The third-order valence-electron chi connectivity index (χ3n) is 3.99. The molecule has 0 saturated carbocycles. The van der Waals surface area contributed by atoms with E-state index in [0.717, 1.165) is 0 Å². The van der Waals surface area contributed by atoms with E-state index in [1.165, 1.54) is 12.1 Å². The van der Waals surface area contributed by atoms with Crippen LogP contribution in [0.5, 0.6) is 0 Å². The van der Waals surface area contributed by atoms with Gasteiger partial charge in [-0.25, -0.2) is 4.98 Å². The van der Waals surface area contributed by atoms with E-state index in [1.54, 1.807) is 48.5 Å². The Bertz CT molecular complexity index is 1110. The molecule has 1 aromatic heterocycles. The highest BCUT2D eigenvalue weighted by atomic mass is 16.2. The number of carbonyl (C=O) groups is 2. The third kappa shape index (κ3) is 2.77. The van der Waals surface area contributed by atoms with Crippen molar-refractivity contribution in [1.29, 1.82) is 10.5 Å². The van der Waals surface area contributed by atoms with E-state index in [0.29, 0.717) is 10.9 Å². The third-order valence-corrected chi connectivity index (χ3v) is 3.99. The van der Waals surface area contributed by atoms with Crippen LogP contribution in [-0.4, -0.2) is 16.6 Å². The molecule has 0 aliphatic heterocycles. The van der Waals surface area contributed by atoms with Gasteiger partial charge in [-0.05, 0) is 6.07 Å². The Balaban J connectivity index is 2.19. The van der Waals surface area contributed by atoms with Crippen LogP contribution in [0.3, 0.4) is 0 Å². The number of anilines is 1. The monoisotopic (exact) mass is 340 g/mol. The van der Waals surface area contributed by atoms with Crippen LogP contribution in [0.4, 0.5) is 5.82 Å². The Labute approximate surface area is 149 Å². The summed E-state index contributed by atoms with van der Waals surface area (Å²) in [7, 11) is 0. The van der Waals surface area contributed by atoms with Gasteiger partial charge in [0.15, 0.2) is 17.5 Å². The molecule has 2 aromatic carbocycles. The number of nitrogens with zero attached hydrogens (tertiary/aromatic N) is 3. The van der Waals surface area contributed by atoms with Crippen LogP contribution in [0, 0.1) is 28.6 Å². The molecule has 1 heterocycles. The summed E-state index contributed by atoms with van der Waals surface area (Å²) in [4.78, 5) is 29.8. The van der Waals surface area contributed by atoms with Crippen molar-refractivity contribution in [3.63, 3.8) is 0 Å². The first-order chi connectivity index (χ1) is 12.6. The number of para-hydroxylation sites is 1. The number of Topliss-reactive ketones (excluding diaryl/α,β-unsaturated/α-hetero) is 2. The van der Waals surface area contributed by atoms with Gasteiger partial charge < -0.3 is 5.73 Å². The van der Waals surface area contributed by atoms with Gasteiger partial charge >= 0.3 is 0 Å². The number of nitrogen functional groups attached to an aromatic ring is 1. The molecule has 0 radical (unpaired) electrons. The lowest BCUT2D eigenvalue weighted by atomic mass is 9.87. The molecule has 26 heavy (non-hydrogen) atoms. The minimum Gasteiger partial charge on any atom is -0.383 e. The highest BCUT2D eigenvalue weighted by molar-refractivity contribution is 6.22. The average molecular weight is 340 g/mol. The predicted octanol–water partition coefficient (Wildman–Crippen LogP) is 2.89. The zero-order valence-corrected chi connectivity index (χ0v) is 13.5. The van der Waals surface area contributed by atoms with Crippen LogP contribution in [0.1, 0.15) is 26.3 Å². The first kappa shape index (κ1) is 16.8. The van der Waals surface area contributed by atoms with E-state index in [4.69, 9.17) is 5.73 Å². The molecule has 6 heteroatoms. The number of hydrogen-bond acceptors (Lipinski definition) is 6. The van der Waals surface area contributed by atoms with Crippen molar-refractivity contribution in [2.24, 2.45) is 5.92 Å².